The van der Waals surface area contributed by atoms with Gasteiger partial charge in [-0.3, -0.25) is 9.10 Å². The summed E-state index contributed by atoms with van der Waals surface area (Å²) in [5.41, 5.74) is 1.80. The zero-order chi connectivity index (χ0) is 22.0. The smallest absolute Gasteiger partial charge is 0.265 e. The first-order valence-corrected chi connectivity index (χ1v) is 12.2. The molecule has 1 amide bonds. The van der Waals surface area contributed by atoms with Crippen molar-refractivity contribution < 1.29 is 13.2 Å². The molecule has 0 radical (unpaired) electrons. The van der Waals surface area contributed by atoms with Crippen molar-refractivity contribution in [1.29, 1.82) is 0 Å². The van der Waals surface area contributed by atoms with E-state index in [0.717, 1.165) is 22.8 Å². The fraction of sp³-hybridized carbons (Fsp3) is 0.320. The molecular weight excluding hydrogens is 408 g/mol. The van der Waals surface area contributed by atoms with Crippen LogP contribution in [0.3, 0.4) is 0 Å². The Balaban J connectivity index is 1.42. The van der Waals surface area contributed by atoms with Crippen LogP contribution in [0, 0.1) is 5.92 Å². The number of amides is 1. The number of nitrogens with one attached hydrogen (secondary N) is 1. The van der Waals surface area contributed by atoms with Crippen LogP contribution in [0.5, 0.6) is 0 Å². The van der Waals surface area contributed by atoms with Gasteiger partial charge in [0.25, 0.3) is 10.0 Å². The molecule has 162 valence electrons. The highest BCUT2D eigenvalue weighted by atomic mass is 32.2. The summed E-state index contributed by atoms with van der Waals surface area (Å²) in [7, 11) is -3.58. The molecule has 4 rings (SSSR count). The molecule has 6 heteroatoms. The van der Waals surface area contributed by atoms with Crippen molar-refractivity contribution in [3.8, 4) is 0 Å². The molecule has 1 aliphatic heterocycles. The van der Waals surface area contributed by atoms with Gasteiger partial charge in [-0.05, 0) is 41.8 Å². The zero-order valence-electron chi connectivity index (χ0n) is 17.9. The predicted molar refractivity (Wildman–Crippen MR) is 124 cm³/mol. The Kier molecular flexibility index (Phi) is 6.01. The Labute approximate surface area is 184 Å². The molecule has 3 aromatic rings. The van der Waals surface area contributed by atoms with Crippen LogP contribution in [-0.4, -0.2) is 20.9 Å². The van der Waals surface area contributed by atoms with Gasteiger partial charge in [0.15, 0.2) is 0 Å². The second-order valence-electron chi connectivity index (χ2n) is 8.47. The molecule has 31 heavy (non-hydrogen) atoms. The molecule has 0 saturated carbocycles. The molecule has 3 aromatic carbocycles. The average Bonchev–Trinajstić information content (AvgIpc) is 2.97. The van der Waals surface area contributed by atoms with Crippen LogP contribution in [0.1, 0.15) is 44.7 Å². The molecule has 0 saturated heterocycles. The Hall–Kier alpha value is -2.86. The quantitative estimate of drug-likeness (QED) is 0.538. The van der Waals surface area contributed by atoms with Crippen molar-refractivity contribution in [2.75, 3.05) is 10.8 Å². The van der Waals surface area contributed by atoms with E-state index in [2.05, 4.69) is 19.2 Å². The second-order valence-corrected chi connectivity index (χ2v) is 10.3. The Morgan fingerprint density at radius 1 is 0.968 bits per heavy atom. The maximum atomic E-state index is 13.1. The van der Waals surface area contributed by atoms with E-state index < -0.39 is 10.0 Å². The molecule has 1 N–H and O–H groups in total. The van der Waals surface area contributed by atoms with Crippen molar-refractivity contribution in [3.05, 3.63) is 72.3 Å². The minimum atomic E-state index is -3.58. The van der Waals surface area contributed by atoms with Gasteiger partial charge in [-0.15, -0.1) is 0 Å². The maximum absolute atomic E-state index is 13.1. The Morgan fingerprint density at radius 3 is 2.39 bits per heavy atom. The van der Waals surface area contributed by atoms with Crippen LogP contribution < -0.4 is 9.62 Å². The number of carbonyl (C=O) groups is 1. The summed E-state index contributed by atoms with van der Waals surface area (Å²) < 4.78 is 27.5. The van der Waals surface area contributed by atoms with Gasteiger partial charge in [-0.2, -0.15) is 0 Å². The molecule has 0 aromatic heterocycles. The minimum absolute atomic E-state index is 0.0396. The molecule has 1 unspecified atom stereocenters. The first-order chi connectivity index (χ1) is 14.9. The van der Waals surface area contributed by atoms with Crippen molar-refractivity contribution in [3.63, 3.8) is 0 Å². The number of hydrogen-bond acceptors (Lipinski definition) is 3. The van der Waals surface area contributed by atoms with Crippen LogP contribution in [0.25, 0.3) is 10.8 Å². The average molecular weight is 437 g/mol. The lowest BCUT2D eigenvalue weighted by atomic mass is 9.97. The summed E-state index contributed by atoms with van der Waals surface area (Å²) >= 11 is 0. The van der Waals surface area contributed by atoms with E-state index >= 15 is 0 Å². The largest absolute Gasteiger partial charge is 0.349 e. The predicted octanol–water partition coefficient (Wildman–Crippen LogP) is 5.03. The first kappa shape index (κ1) is 21.4. The lowest BCUT2D eigenvalue weighted by Crippen LogP contribution is -2.32. The van der Waals surface area contributed by atoms with Gasteiger partial charge >= 0.3 is 0 Å². The van der Waals surface area contributed by atoms with Crippen LogP contribution >= 0.6 is 0 Å². The van der Waals surface area contributed by atoms with E-state index in [-0.39, 0.29) is 24.9 Å². The third kappa shape index (κ3) is 4.30. The summed E-state index contributed by atoms with van der Waals surface area (Å²) in [5, 5.41) is 4.83. The molecule has 1 heterocycles. The number of rotatable bonds is 8. The number of hydrogen-bond donors (Lipinski definition) is 1. The lowest BCUT2D eigenvalue weighted by Gasteiger charge is -2.22. The standard InChI is InChI=1S/C25H28N2O3S/c1-18(2)17-21(19-9-4-3-5-10-19)26-24(28)15-8-16-27-22-13-6-11-20-12-7-14-23(25(20)22)31(27,29)30/h3-7,9-14,18,21H,8,15-17H2,1-2H3,(H,26,28). The fourth-order valence-corrected chi connectivity index (χ4v) is 6.03. The Morgan fingerprint density at radius 2 is 1.68 bits per heavy atom. The molecule has 0 bridgehead atoms. The van der Waals surface area contributed by atoms with Gasteiger partial charge in [0.1, 0.15) is 0 Å². The van der Waals surface area contributed by atoms with Gasteiger partial charge in [0.2, 0.25) is 5.91 Å². The Bertz CT molecular complexity index is 1180. The third-order valence-corrected chi connectivity index (χ3v) is 7.55. The normalized spacial score (nSPS) is 15.4. The van der Waals surface area contributed by atoms with E-state index in [1.807, 2.05) is 54.6 Å². The summed E-state index contributed by atoms with van der Waals surface area (Å²) in [5.74, 6) is 0.390. The monoisotopic (exact) mass is 436 g/mol. The molecule has 0 aliphatic carbocycles. The third-order valence-electron chi connectivity index (χ3n) is 5.69. The second kappa shape index (κ2) is 8.71. The zero-order valence-corrected chi connectivity index (χ0v) is 18.7. The van der Waals surface area contributed by atoms with Gasteiger partial charge < -0.3 is 5.32 Å². The van der Waals surface area contributed by atoms with E-state index in [9.17, 15) is 13.2 Å². The van der Waals surface area contributed by atoms with E-state index in [1.165, 1.54) is 4.31 Å². The van der Waals surface area contributed by atoms with Crippen LogP contribution in [-0.2, 0) is 14.8 Å². The molecule has 1 aliphatic rings. The van der Waals surface area contributed by atoms with Crippen molar-refractivity contribution in [1.82, 2.24) is 5.32 Å². The van der Waals surface area contributed by atoms with Crippen molar-refractivity contribution >= 4 is 32.4 Å². The highest BCUT2D eigenvalue weighted by molar-refractivity contribution is 7.93. The number of anilines is 1. The lowest BCUT2D eigenvalue weighted by molar-refractivity contribution is -0.122. The number of sulfonamides is 1. The van der Waals surface area contributed by atoms with Crippen molar-refractivity contribution in [2.45, 2.75) is 44.0 Å². The highest BCUT2D eigenvalue weighted by Crippen LogP contribution is 2.41. The molecule has 0 spiro atoms. The highest BCUT2D eigenvalue weighted by Gasteiger charge is 2.35. The van der Waals surface area contributed by atoms with Crippen molar-refractivity contribution in [2.24, 2.45) is 5.92 Å². The maximum Gasteiger partial charge on any atom is 0.265 e. The molecule has 5 nitrogen and oxygen atoms in total. The van der Waals surface area contributed by atoms with Crippen LogP contribution in [0.4, 0.5) is 5.69 Å². The van der Waals surface area contributed by atoms with Gasteiger partial charge in [-0.1, -0.05) is 68.4 Å². The molecular formula is C25H28N2O3S. The summed E-state index contributed by atoms with van der Waals surface area (Å²) in [4.78, 5) is 13.0. The van der Waals surface area contributed by atoms with E-state index in [4.69, 9.17) is 0 Å². The topological polar surface area (TPSA) is 66.5 Å². The number of benzene rings is 3. The summed E-state index contributed by atoms with van der Waals surface area (Å²) in [6, 6.07) is 20.9. The fourth-order valence-electron chi connectivity index (χ4n) is 4.28. The van der Waals surface area contributed by atoms with Gasteiger partial charge in [0, 0.05) is 18.4 Å². The van der Waals surface area contributed by atoms with Crippen LogP contribution in [0.2, 0.25) is 0 Å². The minimum Gasteiger partial charge on any atom is -0.349 e. The first-order valence-electron chi connectivity index (χ1n) is 10.8. The van der Waals surface area contributed by atoms with E-state index in [1.54, 1.807) is 12.1 Å². The number of nitrogens with zero attached hydrogens (tertiary/aromatic N) is 1. The SMILES string of the molecule is CC(C)CC(NC(=O)CCCN1c2cccc3cccc(c23)S1(=O)=O)c1ccccc1. The summed E-state index contributed by atoms with van der Waals surface area (Å²) in [6.07, 6.45) is 1.59. The van der Waals surface area contributed by atoms with E-state index in [0.29, 0.717) is 22.9 Å². The summed E-state index contributed by atoms with van der Waals surface area (Å²) in [6.45, 7) is 4.56. The van der Waals surface area contributed by atoms with Crippen LogP contribution in [0.15, 0.2) is 71.6 Å². The van der Waals surface area contributed by atoms with Gasteiger partial charge in [0.05, 0.1) is 16.6 Å². The molecule has 0 fully saturated rings. The molecule has 1 atom stereocenters. The van der Waals surface area contributed by atoms with Gasteiger partial charge in [-0.25, -0.2) is 8.42 Å². The number of carbonyl (C=O) groups excluding carboxylic acids is 1.